The summed E-state index contributed by atoms with van der Waals surface area (Å²) in [6.07, 6.45) is 6.24. The summed E-state index contributed by atoms with van der Waals surface area (Å²) in [5.41, 5.74) is 0. The zero-order valence-electron chi connectivity index (χ0n) is 10.3. The highest BCUT2D eigenvalue weighted by Crippen LogP contribution is 2.23. The van der Waals surface area contributed by atoms with Gasteiger partial charge in [-0.05, 0) is 31.7 Å². The fraction of sp³-hybridized carbons (Fsp3) is 0.917. The van der Waals surface area contributed by atoms with Crippen LogP contribution in [0.5, 0.6) is 0 Å². The molecule has 0 aliphatic heterocycles. The van der Waals surface area contributed by atoms with Gasteiger partial charge in [-0.25, -0.2) is 0 Å². The number of amides is 1. The van der Waals surface area contributed by atoms with E-state index in [0.29, 0.717) is 19.7 Å². The molecule has 0 radical (unpaired) electrons. The van der Waals surface area contributed by atoms with Crippen LogP contribution < -0.4 is 10.6 Å². The van der Waals surface area contributed by atoms with E-state index in [1.165, 1.54) is 25.7 Å². The minimum atomic E-state index is 0.0918. The lowest BCUT2D eigenvalue weighted by molar-refractivity contribution is -0.120. The first-order valence-electron chi connectivity index (χ1n) is 6.29. The van der Waals surface area contributed by atoms with Crippen molar-refractivity contribution in [2.45, 2.75) is 32.1 Å². The van der Waals surface area contributed by atoms with Gasteiger partial charge in [0.05, 0.1) is 6.54 Å². The van der Waals surface area contributed by atoms with E-state index >= 15 is 0 Å². The molecule has 0 heterocycles. The number of ether oxygens (including phenoxy) is 1. The first-order valence-corrected chi connectivity index (χ1v) is 6.29. The summed E-state index contributed by atoms with van der Waals surface area (Å²) < 4.78 is 4.91. The van der Waals surface area contributed by atoms with Crippen LogP contribution in [0.4, 0.5) is 0 Å². The molecular weight excluding hydrogens is 204 g/mol. The number of hydrogen-bond acceptors (Lipinski definition) is 3. The molecule has 4 nitrogen and oxygen atoms in total. The SMILES string of the molecule is COCCCNC(=O)CNCC1CCCC1. The Hall–Kier alpha value is -0.610. The van der Waals surface area contributed by atoms with Crippen LogP contribution in [-0.4, -0.2) is 39.3 Å². The van der Waals surface area contributed by atoms with Gasteiger partial charge in [0.2, 0.25) is 5.91 Å². The van der Waals surface area contributed by atoms with Gasteiger partial charge >= 0.3 is 0 Å². The standard InChI is InChI=1S/C12H24N2O2/c1-16-8-4-7-14-12(15)10-13-9-11-5-2-3-6-11/h11,13H,2-10H2,1H3,(H,14,15). The van der Waals surface area contributed by atoms with E-state index in [1.54, 1.807) is 7.11 Å². The van der Waals surface area contributed by atoms with E-state index in [9.17, 15) is 4.79 Å². The highest BCUT2D eigenvalue weighted by molar-refractivity contribution is 5.77. The van der Waals surface area contributed by atoms with Crippen molar-refractivity contribution in [3.8, 4) is 0 Å². The summed E-state index contributed by atoms with van der Waals surface area (Å²) in [6, 6.07) is 0. The van der Waals surface area contributed by atoms with E-state index in [0.717, 1.165) is 18.9 Å². The van der Waals surface area contributed by atoms with Crippen molar-refractivity contribution < 1.29 is 9.53 Å². The minimum Gasteiger partial charge on any atom is -0.385 e. The van der Waals surface area contributed by atoms with Crippen LogP contribution >= 0.6 is 0 Å². The Balaban J connectivity index is 1.89. The third kappa shape index (κ3) is 6.08. The largest absolute Gasteiger partial charge is 0.385 e. The van der Waals surface area contributed by atoms with Crippen LogP contribution in [0.1, 0.15) is 32.1 Å². The second-order valence-corrected chi connectivity index (χ2v) is 4.48. The molecule has 1 saturated carbocycles. The van der Waals surface area contributed by atoms with Crippen molar-refractivity contribution in [1.29, 1.82) is 0 Å². The molecule has 1 rings (SSSR count). The Bertz CT molecular complexity index is 191. The molecule has 1 aliphatic rings. The van der Waals surface area contributed by atoms with Gasteiger partial charge in [0.15, 0.2) is 0 Å². The highest BCUT2D eigenvalue weighted by Gasteiger charge is 2.14. The van der Waals surface area contributed by atoms with Gasteiger partial charge in [0.25, 0.3) is 0 Å². The topological polar surface area (TPSA) is 50.4 Å². The smallest absolute Gasteiger partial charge is 0.233 e. The third-order valence-corrected chi connectivity index (χ3v) is 3.04. The predicted octanol–water partition coefficient (Wildman–Crippen LogP) is 0.919. The molecule has 0 saturated heterocycles. The lowest BCUT2D eigenvalue weighted by Crippen LogP contribution is -2.36. The van der Waals surface area contributed by atoms with Crippen LogP contribution in [0.2, 0.25) is 0 Å². The Labute approximate surface area is 98.1 Å². The summed E-state index contributed by atoms with van der Waals surface area (Å²) in [6.45, 7) is 2.85. The maximum atomic E-state index is 11.4. The second kappa shape index (κ2) is 8.53. The molecule has 2 N–H and O–H groups in total. The van der Waals surface area contributed by atoms with Crippen LogP contribution in [0.25, 0.3) is 0 Å². The molecular formula is C12H24N2O2. The Kier molecular flexibility index (Phi) is 7.17. The van der Waals surface area contributed by atoms with Crippen molar-refractivity contribution in [3.63, 3.8) is 0 Å². The summed E-state index contributed by atoms with van der Waals surface area (Å²) in [5.74, 6) is 0.885. The molecule has 0 spiro atoms. The summed E-state index contributed by atoms with van der Waals surface area (Å²) in [7, 11) is 1.67. The van der Waals surface area contributed by atoms with Crippen molar-refractivity contribution in [3.05, 3.63) is 0 Å². The molecule has 0 aromatic carbocycles. The molecule has 0 aromatic rings. The summed E-state index contributed by atoms with van der Waals surface area (Å²) in [5, 5.41) is 6.09. The molecule has 1 fully saturated rings. The number of carbonyl (C=O) groups excluding carboxylic acids is 1. The number of rotatable bonds is 8. The van der Waals surface area contributed by atoms with E-state index in [2.05, 4.69) is 10.6 Å². The van der Waals surface area contributed by atoms with Gasteiger partial charge < -0.3 is 15.4 Å². The molecule has 0 unspecified atom stereocenters. The van der Waals surface area contributed by atoms with E-state index in [1.807, 2.05) is 0 Å². The predicted molar refractivity (Wildman–Crippen MR) is 64.3 cm³/mol. The molecule has 94 valence electrons. The monoisotopic (exact) mass is 228 g/mol. The second-order valence-electron chi connectivity index (χ2n) is 4.48. The van der Waals surface area contributed by atoms with Crippen molar-refractivity contribution >= 4 is 5.91 Å². The molecule has 0 atom stereocenters. The lowest BCUT2D eigenvalue weighted by Gasteiger charge is -2.10. The average molecular weight is 228 g/mol. The maximum absolute atomic E-state index is 11.4. The Morgan fingerprint density at radius 3 is 2.81 bits per heavy atom. The Morgan fingerprint density at radius 1 is 1.38 bits per heavy atom. The Morgan fingerprint density at radius 2 is 2.12 bits per heavy atom. The normalized spacial score (nSPS) is 16.6. The average Bonchev–Trinajstić information content (AvgIpc) is 2.77. The van der Waals surface area contributed by atoms with Gasteiger partial charge in [-0.15, -0.1) is 0 Å². The maximum Gasteiger partial charge on any atom is 0.233 e. The van der Waals surface area contributed by atoms with Crippen LogP contribution in [-0.2, 0) is 9.53 Å². The molecule has 4 heteroatoms. The van der Waals surface area contributed by atoms with Crippen molar-refractivity contribution in [2.24, 2.45) is 5.92 Å². The number of nitrogens with one attached hydrogen (secondary N) is 2. The minimum absolute atomic E-state index is 0.0918. The van der Waals surface area contributed by atoms with E-state index in [4.69, 9.17) is 4.74 Å². The number of hydrogen-bond donors (Lipinski definition) is 2. The zero-order valence-corrected chi connectivity index (χ0v) is 10.3. The lowest BCUT2D eigenvalue weighted by atomic mass is 10.1. The van der Waals surface area contributed by atoms with Gasteiger partial charge in [-0.1, -0.05) is 12.8 Å². The van der Waals surface area contributed by atoms with E-state index in [-0.39, 0.29) is 5.91 Å². The fourth-order valence-electron chi connectivity index (χ4n) is 2.11. The number of carbonyl (C=O) groups is 1. The first-order chi connectivity index (χ1) is 7.83. The van der Waals surface area contributed by atoms with Crippen molar-refractivity contribution in [1.82, 2.24) is 10.6 Å². The van der Waals surface area contributed by atoms with E-state index < -0.39 is 0 Å². The molecule has 1 amide bonds. The van der Waals surface area contributed by atoms with Crippen LogP contribution in [0.3, 0.4) is 0 Å². The molecule has 16 heavy (non-hydrogen) atoms. The number of methoxy groups -OCH3 is 1. The zero-order chi connectivity index (χ0) is 11.6. The summed E-state index contributed by atoms with van der Waals surface area (Å²) in [4.78, 5) is 11.4. The van der Waals surface area contributed by atoms with Gasteiger partial charge in [-0.3, -0.25) is 4.79 Å². The quantitative estimate of drug-likeness (QED) is 0.607. The summed E-state index contributed by atoms with van der Waals surface area (Å²) >= 11 is 0. The van der Waals surface area contributed by atoms with Crippen LogP contribution in [0, 0.1) is 5.92 Å². The fourth-order valence-corrected chi connectivity index (χ4v) is 2.11. The van der Waals surface area contributed by atoms with Gasteiger partial charge in [-0.2, -0.15) is 0 Å². The van der Waals surface area contributed by atoms with Gasteiger partial charge in [0, 0.05) is 20.3 Å². The van der Waals surface area contributed by atoms with Gasteiger partial charge in [0.1, 0.15) is 0 Å². The third-order valence-electron chi connectivity index (χ3n) is 3.04. The van der Waals surface area contributed by atoms with Crippen LogP contribution in [0.15, 0.2) is 0 Å². The highest BCUT2D eigenvalue weighted by atomic mass is 16.5. The molecule has 0 bridgehead atoms. The van der Waals surface area contributed by atoms with Crippen molar-refractivity contribution in [2.75, 3.05) is 33.4 Å². The molecule has 0 aromatic heterocycles. The first kappa shape index (κ1) is 13.5. The molecule has 1 aliphatic carbocycles.